The summed E-state index contributed by atoms with van der Waals surface area (Å²) in [7, 11) is 4.35. The number of rotatable bonds is 7. The maximum Gasteiger partial charge on any atom is 0.387 e. The van der Waals surface area contributed by atoms with Crippen molar-refractivity contribution in [3.8, 4) is 11.5 Å². The molecule has 8 heteroatoms. The van der Waals surface area contributed by atoms with Gasteiger partial charge in [-0.1, -0.05) is 30.3 Å². The van der Waals surface area contributed by atoms with Crippen LogP contribution in [0.5, 0.6) is 11.5 Å². The molecule has 0 aliphatic heterocycles. The summed E-state index contributed by atoms with van der Waals surface area (Å²) < 4.78 is 39.5. The van der Waals surface area contributed by atoms with Crippen LogP contribution in [0.15, 0.2) is 48.5 Å². The standard InChI is InChI=1S/C19H19F2NO5/c1-22(2)17(23)16(12-7-5-4-6-8-12)27-18(24)13-9-10-14(26-19(20)21)15(11-13)25-3/h4-11,16,19H,1-3H3/t16-/m1/s1. The van der Waals surface area contributed by atoms with Gasteiger partial charge in [-0.2, -0.15) is 8.78 Å². The van der Waals surface area contributed by atoms with Crippen LogP contribution in [0.1, 0.15) is 22.0 Å². The molecule has 0 spiro atoms. The van der Waals surface area contributed by atoms with Crippen LogP contribution in [0.3, 0.4) is 0 Å². The fraction of sp³-hybridized carbons (Fsp3) is 0.263. The molecule has 0 unspecified atom stereocenters. The molecule has 1 amide bonds. The van der Waals surface area contributed by atoms with Crippen molar-refractivity contribution < 1.29 is 32.6 Å². The van der Waals surface area contributed by atoms with E-state index in [9.17, 15) is 18.4 Å². The Kier molecular flexibility index (Phi) is 6.70. The Labute approximate surface area is 155 Å². The molecule has 0 aliphatic rings. The fourth-order valence-electron chi connectivity index (χ4n) is 2.29. The Bertz CT molecular complexity index is 796. The largest absolute Gasteiger partial charge is 0.493 e. The minimum Gasteiger partial charge on any atom is -0.493 e. The van der Waals surface area contributed by atoms with E-state index in [0.29, 0.717) is 5.56 Å². The second-order valence-corrected chi connectivity index (χ2v) is 5.67. The highest BCUT2D eigenvalue weighted by Crippen LogP contribution is 2.30. The van der Waals surface area contributed by atoms with E-state index in [1.54, 1.807) is 44.4 Å². The van der Waals surface area contributed by atoms with Crippen LogP contribution in [-0.4, -0.2) is 44.6 Å². The zero-order chi connectivity index (χ0) is 20.0. The monoisotopic (exact) mass is 379 g/mol. The number of ether oxygens (including phenoxy) is 3. The van der Waals surface area contributed by atoms with Crippen molar-refractivity contribution >= 4 is 11.9 Å². The third-order valence-corrected chi connectivity index (χ3v) is 3.61. The molecular weight excluding hydrogens is 360 g/mol. The van der Waals surface area contributed by atoms with E-state index in [-0.39, 0.29) is 17.1 Å². The fourth-order valence-corrected chi connectivity index (χ4v) is 2.29. The van der Waals surface area contributed by atoms with Crippen molar-refractivity contribution in [3.05, 3.63) is 59.7 Å². The molecule has 0 bridgehead atoms. The smallest absolute Gasteiger partial charge is 0.387 e. The third kappa shape index (κ3) is 5.16. The van der Waals surface area contributed by atoms with Gasteiger partial charge in [-0.05, 0) is 18.2 Å². The lowest BCUT2D eigenvalue weighted by Gasteiger charge is -2.21. The Morgan fingerprint density at radius 2 is 1.67 bits per heavy atom. The number of halogens is 2. The summed E-state index contributed by atoms with van der Waals surface area (Å²) in [5.74, 6) is -1.49. The maximum atomic E-state index is 12.5. The highest BCUT2D eigenvalue weighted by Gasteiger charge is 2.27. The summed E-state index contributed by atoms with van der Waals surface area (Å²) in [5.41, 5.74) is 0.537. The van der Waals surface area contributed by atoms with Gasteiger partial charge in [0.05, 0.1) is 12.7 Å². The van der Waals surface area contributed by atoms with Gasteiger partial charge >= 0.3 is 12.6 Å². The Morgan fingerprint density at radius 3 is 2.22 bits per heavy atom. The number of carbonyl (C=O) groups excluding carboxylic acids is 2. The van der Waals surface area contributed by atoms with Crippen LogP contribution in [0, 0.1) is 0 Å². The molecule has 0 aromatic heterocycles. The number of esters is 1. The molecule has 0 fully saturated rings. The van der Waals surface area contributed by atoms with Crippen LogP contribution in [0.2, 0.25) is 0 Å². The molecule has 2 aromatic rings. The van der Waals surface area contributed by atoms with E-state index in [1.165, 1.54) is 30.2 Å². The normalized spacial score (nSPS) is 11.6. The van der Waals surface area contributed by atoms with E-state index in [0.717, 1.165) is 0 Å². The summed E-state index contributed by atoms with van der Waals surface area (Å²) >= 11 is 0. The molecule has 144 valence electrons. The highest BCUT2D eigenvalue weighted by atomic mass is 19.3. The van der Waals surface area contributed by atoms with E-state index in [4.69, 9.17) is 9.47 Å². The quantitative estimate of drug-likeness (QED) is 0.691. The number of amides is 1. The summed E-state index contributed by atoms with van der Waals surface area (Å²) in [6.45, 7) is -3.03. The Hall–Kier alpha value is -3.16. The molecule has 2 rings (SSSR count). The van der Waals surface area contributed by atoms with Crippen molar-refractivity contribution in [2.24, 2.45) is 0 Å². The number of alkyl halides is 2. The SMILES string of the molecule is COc1cc(C(=O)O[C@@H](C(=O)N(C)C)c2ccccc2)ccc1OC(F)F. The number of hydrogen-bond acceptors (Lipinski definition) is 5. The molecule has 6 nitrogen and oxygen atoms in total. The lowest BCUT2D eigenvalue weighted by Crippen LogP contribution is -2.31. The summed E-state index contributed by atoms with van der Waals surface area (Å²) in [5, 5.41) is 0. The molecular formula is C19H19F2NO5. The maximum absolute atomic E-state index is 12.5. The van der Waals surface area contributed by atoms with Gasteiger partial charge in [0.25, 0.3) is 5.91 Å². The van der Waals surface area contributed by atoms with Crippen molar-refractivity contribution in [1.82, 2.24) is 4.90 Å². The van der Waals surface area contributed by atoms with Crippen LogP contribution in [0.25, 0.3) is 0 Å². The van der Waals surface area contributed by atoms with Crippen LogP contribution < -0.4 is 9.47 Å². The van der Waals surface area contributed by atoms with Gasteiger partial charge in [0.15, 0.2) is 11.5 Å². The molecule has 0 saturated carbocycles. The van der Waals surface area contributed by atoms with Crippen LogP contribution in [-0.2, 0) is 9.53 Å². The minimum absolute atomic E-state index is 0.0287. The predicted octanol–water partition coefficient (Wildman–Crippen LogP) is 3.28. The van der Waals surface area contributed by atoms with Crippen molar-refractivity contribution in [1.29, 1.82) is 0 Å². The van der Waals surface area contributed by atoms with Gasteiger partial charge in [0, 0.05) is 19.7 Å². The molecule has 1 atom stereocenters. The summed E-state index contributed by atoms with van der Waals surface area (Å²) in [6.07, 6.45) is -1.14. The highest BCUT2D eigenvalue weighted by molar-refractivity contribution is 5.93. The zero-order valence-electron chi connectivity index (χ0n) is 15.0. The molecule has 0 saturated heterocycles. The second kappa shape index (κ2) is 8.98. The van der Waals surface area contributed by atoms with Gasteiger partial charge in [0.1, 0.15) is 0 Å². The van der Waals surface area contributed by atoms with Crippen molar-refractivity contribution in [2.45, 2.75) is 12.7 Å². The van der Waals surface area contributed by atoms with Gasteiger partial charge in [-0.25, -0.2) is 4.79 Å². The van der Waals surface area contributed by atoms with Crippen LogP contribution >= 0.6 is 0 Å². The lowest BCUT2D eigenvalue weighted by molar-refractivity contribution is -0.138. The predicted molar refractivity (Wildman–Crippen MR) is 92.9 cm³/mol. The molecule has 0 N–H and O–H groups in total. The molecule has 2 aromatic carbocycles. The van der Waals surface area contributed by atoms with E-state index in [1.807, 2.05) is 0 Å². The molecule has 27 heavy (non-hydrogen) atoms. The minimum atomic E-state index is -3.03. The van der Waals surface area contributed by atoms with Crippen LogP contribution in [0.4, 0.5) is 8.78 Å². The first-order valence-corrected chi connectivity index (χ1v) is 7.93. The van der Waals surface area contributed by atoms with E-state index >= 15 is 0 Å². The molecule has 0 radical (unpaired) electrons. The average molecular weight is 379 g/mol. The van der Waals surface area contributed by atoms with Crippen molar-refractivity contribution in [3.63, 3.8) is 0 Å². The van der Waals surface area contributed by atoms with Crippen molar-refractivity contribution in [2.75, 3.05) is 21.2 Å². The third-order valence-electron chi connectivity index (χ3n) is 3.61. The van der Waals surface area contributed by atoms with E-state index in [2.05, 4.69) is 4.74 Å². The summed E-state index contributed by atoms with van der Waals surface area (Å²) in [6, 6.07) is 12.2. The first kappa shape index (κ1) is 20.2. The number of likely N-dealkylation sites (N-methyl/N-ethyl adjacent to an activating group) is 1. The molecule has 0 aliphatic carbocycles. The number of carbonyl (C=O) groups is 2. The number of methoxy groups -OCH3 is 1. The number of nitrogens with zero attached hydrogens (tertiary/aromatic N) is 1. The molecule has 0 heterocycles. The van der Waals surface area contributed by atoms with Gasteiger partial charge < -0.3 is 19.1 Å². The second-order valence-electron chi connectivity index (χ2n) is 5.67. The first-order valence-electron chi connectivity index (χ1n) is 7.93. The number of hydrogen-bond donors (Lipinski definition) is 0. The van der Waals surface area contributed by atoms with Gasteiger partial charge in [-0.3, -0.25) is 4.79 Å². The first-order chi connectivity index (χ1) is 12.8. The summed E-state index contributed by atoms with van der Waals surface area (Å²) in [4.78, 5) is 26.3. The Morgan fingerprint density at radius 1 is 1.00 bits per heavy atom. The number of benzene rings is 2. The van der Waals surface area contributed by atoms with Gasteiger partial charge in [-0.15, -0.1) is 0 Å². The zero-order valence-corrected chi connectivity index (χ0v) is 15.0. The topological polar surface area (TPSA) is 65.1 Å². The lowest BCUT2D eigenvalue weighted by atomic mass is 10.1. The van der Waals surface area contributed by atoms with Gasteiger partial charge in [0.2, 0.25) is 6.10 Å². The average Bonchev–Trinajstić information content (AvgIpc) is 2.65. The Balaban J connectivity index is 2.28. The van der Waals surface area contributed by atoms with E-state index < -0.39 is 24.6 Å².